The summed E-state index contributed by atoms with van der Waals surface area (Å²) in [4.78, 5) is 11.5. The molecule has 25 heavy (non-hydrogen) atoms. The van der Waals surface area contributed by atoms with Gasteiger partial charge in [0, 0.05) is 12.4 Å². The Morgan fingerprint density at radius 2 is 1.96 bits per heavy atom. The largest absolute Gasteiger partial charge is 0.293 e. The number of benzene rings is 1. The molecule has 0 fully saturated rings. The molecule has 1 aromatic rings. The van der Waals surface area contributed by atoms with Gasteiger partial charge in [-0.2, -0.15) is 0 Å². The highest BCUT2D eigenvalue weighted by molar-refractivity contribution is 6.11. The quantitative estimate of drug-likeness (QED) is 0.807. The fraction of sp³-hybridized carbons (Fsp3) is 0.450. The summed E-state index contributed by atoms with van der Waals surface area (Å²) in [6.07, 6.45) is 10.2. The number of hydrazone groups is 1. The third-order valence-electron chi connectivity index (χ3n) is 4.79. The van der Waals surface area contributed by atoms with Crippen molar-refractivity contribution >= 4 is 23.7 Å². The van der Waals surface area contributed by atoms with Gasteiger partial charge in [0.15, 0.2) is 0 Å². The second-order valence-electron chi connectivity index (χ2n) is 6.98. The molecule has 2 heterocycles. The molecule has 0 aromatic heterocycles. The maximum atomic E-state index is 5.11. The Labute approximate surface area is 150 Å². The standard InChI is InChI=1S/C20H27N5/c1-5-6-7-12-20(4)18(22-17-15(2)10-8-11-16(17)3)25-14-9-13-21-19(25)23-24-20/h8-11,13-14,24H,5-7,12H2,1-4H3. The minimum Gasteiger partial charge on any atom is -0.293 e. The van der Waals surface area contributed by atoms with Crippen LogP contribution in [0.5, 0.6) is 0 Å². The summed E-state index contributed by atoms with van der Waals surface area (Å²) in [5.74, 6) is 1.60. The number of guanidine groups is 1. The second kappa shape index (κ2) is 7.21. The van der Waals surface area contributed by atoms with Crippen LogP contribution in [0.3, 0.4) is 0 Å². The van der Waals surface area contributed by atoms with Crippen molar-refractivity contribution in [2.75, 3.05) is 0 Å². The number of amidine groups is 1. The molecule has 1 N–H and O–H groups in total. The van der Waals surface area contributed by atoms with Gasteiger partial charge < -0.3 is 0 Å². The highest BCUT2D eigenvalue weighted by Crippen LogP contribution is 2.30. The summed E-state index contributed by atoms with van der Waals surface area (Å²) in [6, 6.07) is 6.29. The van der Waals surface area contributed by atoms with Crippen molar-refractivity contribution in [2.45, 2.75) is 58.9 Å². The Morgan fingerprint density at radius 1 is 1.20 bits per heavy atom. The Bertz CT molecular complexity index is 739. The van der Waals surface area contributed by atoms with Crippen LogP contribution in [0, 0.1) is 13.8 Å². The zero-order valence-electron chi connectivity index (χ0n) is 15.6. The van der Waals surface area contributed by atoms with E-state index in [4.69, 9.17) is 4.99 Å². The summed E-state index contributed by atoms with van der Waals surface area (Å²) in [7, 11) is 0. The van der Waals surface area contributed by atoms with Crippen LogP contribution in [0.15, 0.2) is 45.6 Å². The van der Waals surface area contributed by atoms with Crippen molar-refractivity contribution in [1.82, 2.24) is 10.3 Å². The summed E-state index contributed by atoms with van der Waals surface area (Å²) >= 11 is 0. The lowest BCUT2D eigenvalue weighted by Gasteiger charge is -2.40. The van der Waals surface area contributed by atoms with Crippen LogP contribution in [0.4, 0.5) is 5.69 Å². The van der Waals surface area contributed by atoms with Crippen LogP contribution in [-0.2, 0) is 0 Å². The van der Waals surface area contributed by atoms with Crippen molar-refractivity contribution in [3.05, 3.63) is 41.6 Å². The number of aryl methyl sites for hydroxylation is 2. The van der Waals surface area contributed by atoms with E-state index in [1.54, 1.807) is 6.21 Å². The van der Waals surface area contributed by atoms with Crippen LogP contribution in [-0.4, -0.2) is 28.4 Å². The molecule has 0 amide bonds. The first-order chi connectivity index (χ1) is 12.0. The summed E-state index contributed by atoms with van der Waals surface area (Å²) in [6.45, 7) is 8.62. The molecule has 5 heteroatoms. The van der Waals surface area contributed by atoms with E-state index < -0.39 is 0 Å². The molecule has 1 aromatic carbocycles. The first-order valence-electron chi connectivity index (χ1n) is 9.05. The lowest BCUT2D eigenvalue weighted by Crippen LogP contribution is -2.59. The zero-order valence-corrected chi connectivity index (χ0v) is 15.6. The lowest BCUT2D eigenvalue weighted by atomic mass is 9.92. The topological polar surface area (TPSA) is 52.4 Å². The summed E-state index contributed by atoms with van der Waals surface area (Å²) < 4.78 is 0. The van der Waals surface area contributed by atoms with Gasteiger partial charge in [-0.25, -0.2) is 9.98 Å². The van der Waals surface area contributed by atoms with Crippen molar-refractivity contribution in [2.24, 2.45) is 15.1 Å². The predicted molar refractivity (Wildman–Crippen MR) is 106 cm³/mol. The van der Waals surface area contributed by atoms with E-state index in [1.165, 1.54) is 24.0 Å². The molecule has 0 aliphatic carbocycles. The van der Waals surface area contributed by atoms with Crippen molar-refractivity contribution in [3.8, 4) is 0 Å². The molecular weight excluding hydrogens is 310 g/mol. The SMILES string of the molecule is CCCCCC1(C)NN=C2N=CC=CN2C1=Nc1c(C)cccc1C. The molecule has 3 rings (SSSR count). The molecule has 0 saturated carbocycles. The van der Waals surface area contributed by atoms with Gasteiger partial charge in [0.1, 0.15) is 11.4 Å². The maximum absolute atomic E-state index is 5.11. The number of allylic oxidation sites excluding steroid dienone is 1. The summed E-state index contributed by atoms with van der Waals surface area (Å²) in [5.41, 5.74) is 6.40. The number of hydrogen-bond donors (Lipinski definition) is 1. The van der Waals surface area contributed by atoms with E-state index in [-0.39, 0.29) is 5.54 Å². The first kappa shape index (κ1) is 17.4. The van der Waals surface area contributed by atoms with Crippen LogP contribution in [0.1, 0.15) is 50.7 Å². The monoisotopic (exact) mass is 337 g/mol. The summed E-state index contributed by atoms with van der Waals surface area (Å²) in [5, 5.41) is 4.48. The number of fused-ring (bicyclic) bond motifs is 1. The molecule has 0 saturated heterocycles. The van der Waals surface area contributed by atoms with E-state index in [9.17, 15) is 0 Å². The van der Waals surface area contributed by atoms with Crippen LogP contribution >= 0.6 is 0 Å². The number of para-hydroxylation sites is 1. The minimum absolute atomic E-state index is 0.315. The number of unbranched alkanes of at least 4 members (excludes halogenated alkanes) is 2. The van der Waals surface area contributed by atoms with Gasteiger partial charge in [-0.1, -0.05) is 44.4 Å². The molecule has 0 bridgehead atoms. The van der Waals surface area contributed by atoms with Crippen molar-refractivity contribution < 1.29 is 0 Å². The molecule has 0 radical (unpaired) electrons. The molecular formula is C20H27N5. The number of hydrogen-bond acceptors (Lipinski definition) is 4. The van der Waals surface area contributed by atoms with E-state index in [1.807, 2.05) is 17.2 Å². The average molecular weight is 337 g/mol. The smallest absolute Gasteiger partial charge is 0.252 e. The number of nitrogens with one attached hydrogen (secondary N) is 1. The normalized spacial score (nSPS) is 23.4. The second-order valence-corrected chi connectivity index (χ2v) is 6.98. The fourth-order valence-corrected chi connectivity index (χ4v) is 3.26. The minimum atomic E-state index is -0.315. The van der Waals surface area contributed by atoms with Gasteiger partial charge in [0.05, 0.1) is 5.69 Å². The van der Waals surface area contributed by atoms with Gasteiger partial charge in [-0.3, -0.25) is 10.3 Å². The van der Waals surface area contributed by atoms with Crippen LogP contribution < -0.4 is 5.43 Å². The molecule has 2 aliphatic rings. The van der Waals surface area contributed by atoms with E-state index in [0.29, 0.717) is 5.96 Å². The van der Waals surface area contributed by atoms with Crippen molar-refractivity contribution in [3.63, 3.8) is 0 Å². The van der Waals surface area contributed by atoms with E-state index >= 15 is 0 Å². The molecule has 132 valence electrons. The van der Waals surface area contributed by atoms with Gasteiger partial charge in [-0.15, -0.1) is 5.10 Å². The van der Waals surface area contributed by atoms with Gasteiger partial charge >= 0.3 is 0 Å². The highest BCUT2D eigenvalue weighted by atomic mass is 15.5. The van der Waals surface area contributed by atoms with Crippen LogP contribution in [0.25, 0.3) is 0 Å². The Balaban J connectivity index is 2.06. The Morgan fingerprint density at radius 3 is 2.68 bits per heavy atom. The first-order valence-corrected chi connectivity index (χ1v) is 9.05. The number of aliphatic imine (C=N–C) groups is 2. The zero-order chi connectivity index (χ0) is 17.9. The van der Waals surface area contributed by atoms with Crippen molar-refractivity contribution in [1.29, 1.82) is 0 Å². The maximum Gasteiger partial charge on any atom is 0.252 e. The number of nitrogens with zero attached hydrogens (tertiary/aromatic N) is 4. The third-order valence-corrected chi connectivity index (χ3v) is 4.79. The van der Waals surface area contributed by atoms with Gasteiger partial charge in [-0.05, 0) is 44.4 Å². The highest BCUT2D eigenvalue weighted by Gasteiger charge is 2.39. The van der Waals surface area contributed by atoms with E-state index in [2.05, 4.69) is 61.4 Å². The molecule has 1 atom stereocenters. The van der Waals surface area contributed by atoms with E-state index in [0.717, 1.165) is 24.4 Å². The fourth-order valence-electron chi connectivity index (χ4n) is 3.26. The van der Waals surface area contributed by atoms with Gasteiger partial charge in [0.25, 0.3) is 5.96 Å². The van der Waals surface area contributed by atoms with Gasteiger partial charge in [0.2, 0.25) is 0 Å². The predicted octanol–water partition coefficient (Wildman–Crippen LogP) is 4.45. The third kappa shape index (κ3) is 3.50. The number of rotatable bonds is 5. The average Bonchev–Trinajstić information content (AvgIpc) is 2.60. The van der Waals surface area contributed by atoms with Crippen LogP contribution in [0.2, 0.25) is 0 Å². The molecule has 5 nitrogen and oxygen atoms in total. The molecule has 2 aliphatic heterocycles. The lowest BCUT2D eigenvalue weighted by molar-refractivity contribution is 0.388. The Kier molecular flexibility index (Phi) is 5.02. The molecule has 1 unspecified atom stereocenters. The molecule has 0 spiro atoms. The Hall–Kier alpha value is -2.43.